The van der Waals surface area contributed by atoms with Gasteiger partial charge in [-0.2, -0.15) is 0 Å². The molecule has 0 aromatic heterocycles. The summed E-state index contributed by atoms with van der Waals surface area (Å²) in [6.07, 6.45) is 0.825. The molecule has 2 rings (SSSR count). The Morgan fingerprint density at radius 3 is 3.13 bits per heavy atom. The summed E-state index contributed by atoms with van der Waals surface area (Å²) in [5, 5.41) is 12.2. The van der Waals surface area contributed by atoms with Gasteiger partial charge in [-0.05, 0) is 24.6 Å². The third kappa shape index (κ3) is 2.44. The molecule has 1 aromatic rings. The minimum absolute atomic E-state index is 0.257. The number of rotatable bonds is 3. The summed E-state index contributed by atoms with van der Waals surface area (Å²) in [7, 11) is 0. The molecule has 0 spiro atoms. The summed E-state index contributed by atoms with van der Waals surface area (Å²) in [4.78, 5) is 2.31. The first-order valence-electron chi connectivity index (χ1n) is 5.20. The van der Waals surface area contributed by atoms with Crippen LogP contribution in [-0.2, 0) is 0 Å². The Hall–Kier alpha value is -0.740. The highest BCUT2D eigenvalue weighted by Gasteiger charge is 2.15. The van der Waals surface area contributed by atoms with Gasteiger partial charge in [0.2, 0.25) is 0 Å². The molecule has 2 N–H and O–H groups in total. The maximum absolute atomic E-state index is 8.85. The number of halogens is 1. The third-order valence-electron chi connectivity index (χ3n) is 2.58. The minimum atomic E-state index is 0.257. The van der Waals surface area contributed by atoms with Gasteiger partial charge in [0.25, 0.3) is 0 Å². The van der Waals surface area contributed by atoms with Crippen molar-refractivity contribution in [2.45, 2.75) is 6.42 Å². The zero-order valence-corrected chi connectivity index (χ0v) is 10.1. The summed E-state index contributed by atoms with van der Waals surface area (Å²) in [5.74, 6) is 0. The van der Waals surface area contributed by atoms with Crippen LogP contribution in [-0.4, -0.2) is 31.3 Å². The third-order valence-corrected chi connectivity index (χ3v) is 3.08. The molecule has 3 nitrogen and oxygen atoms in total. The first-order valence-corrected chi connectivity index (χ1v) is 6.00. The van der Waals surface area contributed by atoms with Crippen molar-refractivity contribution in [3.8, 4) is 0 Å². The van der Waals surface area contributed by atoms with Crippen LogP contribution < -0.4 is 10.2 Å². The molecule has 0 saturated heterocycles. The standard InChI is InChI=1S/C11H15BrN2O/c12-9-2-3-10-11(8-9)14(5-1-7-15)6-4-13-10/h2-3,8,13,15H,1,4-7H2. The molecule has 0 radical (unpaired) electrons. The van der Waals surface area contributed by atoms with E-state index in [2.05, 4.69) is 38.3 Å². The molecule has 0 atom stereocenters. The lowest BCUT2D eigenvalue weighted by molar-refractivity contribution is 0.289. The summed E-state index contributed by atoms with van der Waals surface area (Å²) in [6, 6.07) is 6.25. The van der Waals surface area contributed by atoms with E-state index in [1.54, 1.807) is 0 Å². The second-order valence-corrected chi connectivity index (χ2v) is 4.57. The molecule has 1 heterocycles. The Labute approximate surface area is 98.2 Å². The number of fused-ring (bicyclic) bond motifs is 1. The van der Waals surface area contributed by atoms with Crippen LogP contribution in [0.15, 0.2) is 22.7 Å². The van der Waals surface area contributed by atoms with Crippen molar-refractivity contribution in [1.82, 2.24) is 0 Å². The number of aliphatic hydroxyl groups excluding tert-OH is 1. The Kier molecular flexibility index (Phi) is 3.49. The van der Waals surface area contributed by atoms with Crippen LogP contribution in [0.2, 0.25) is 0 Å². The highest BCUT2D eigenvalue weighted by molar-refractivity contribution is 9.10. The topological polar surface area (TPSA) is 35.5 Å². The lowest BCUT2D eigenvalue weighted by Crippen LogP contribution is -2.35. The summed E-state index contributed by atoms with van der Waals surface area (Å²) in [6.45, 7) is 3.15. The van der Waals surface area contributed by atoms with Crippen LogP contribution in [0, 0.1) is 0 Å². The quantitative estimate of drug-likeness (QED) is 0.883. The predicted octanol–water partition coefficient (Wildman–Crippen LogP) is 2.06. The number of benzene rings is 1. The van der Waals surface area contributed by atoms with E-state index < -0.39 is 0 Å². The fraction of sp³-hybridized carbons (Fsp3) is 0.455. The summed E-state index contributed by atoms with van der Waals surface area (Å²) >= 11 is 3.48. The number of hydrogen-bond donors (Lipinski definition) is 2. The van der Waals surface area contributed by atoms with E-state index in [0.717, 1.165) is 30.5 Å². The van der Waals surface area contributed by atoms with Crippen LogP contribution >= 0.6 is 15.9 Å². The molecule has 0 aliphatic carbocycles. The first-order chi connectivity index (χ1) is 7.31. The van der Waals surface area contributed by atoms with Crippen molar-refractivity contribution >= 4 is 27.3 Å². The zero-order chi connectivity index (χ0) is 10.7. The van der Waals surface area contributed by atoms with E-state index in [-0.39, 0.29) is 6.61 Å². The van der Waals surface area contributed by atoms with Crippen LogP contribution in [0.25, 0.3) is 0 Å². The van der Waals surface area contributed by atoms with Gasteiger partial charge >= 0.3 is 0 Å². The van der Waals surface area contributed by atoms with Gasteiger partial charge in [-0.3, -0.25) is 0 Å². The van der Waals surface area contributed by atoms with Crippen molar-refractivity contribution in [2.75, 3.05) is 36.5 Å². The summed E-state index contributed by atoms with van der Waals surface area (Å²) in [5.41, 5.74) is 2.41. The van der Waals surface area contributed by atoms with Crippen molar-refractivity contribution in [2.24, 2.45) is 0 Å². The van der Waals surface area contributed by atoms with Crippen molar-refractivity contribution in [3.05, 3.63) is 22.7 Å². The zero-order valence-electron chi connectivity index (χ0n) is 8.54. The van der Waals surface area contributed by atoms with Gasteiger partial charge in [0.05, 0.1) is 11.4 Å². The van der Waals surface area contributed by atoms with Gasteiger partial charge in [-0.25, -0.2) is 0 Å². The normalized spacial score (nSPS) is 14.7. The Bertz CT molecular complexity index is 343. The van der Waals surface area contributed by atoms with Gasteiger partial charge in [0, 0.05) is 30.7 Å². The second kappa shape index (κ2) is 4.86. The van der Waals surface area contributed by atoms with Crippen LogP contribution in [0.1, 0.15) is 6.42 Å². The lowest BCUT2D eigenvalue weighted by atomic mass is 10.2. The Balaban J connectivity index is 2.20. The molecule has 4 heteroatoms. The number of hydrogen-bond acceptors (Lipinski definition) is 3. The van der Waals surface area contributed by atoms with Crippen LogP contribution in [0.3, 0.4) is 0 Å². The van der Waals surface area contributed by atoms with E-state index in [0.29, 0.717) is 0 Å². The maximum Gasteiger partial charge on any atom is 0.0613 e. The monoisotopic (exact) mass is 270 g/mol. The van der Waals surface area contributed by atoms with Gasteiger partial charge < -0.3 is 15.3 Å². The molecule has 0 saturated carbocycles. The fourth-order valence-electron chi connectivity index (χ4n) is 1.86. The molecule has 0 fully saturated rings. The highest BCUT2D eigenvalue weighted by Crippen LogP contribution is 2.31. The molecule has 82 valence electrons. The lowest BCUT2D eigenvalue weighted by Gasteiger charge is -2.32. The molecule has 0 bridgehead atoms. The van der Waals surface area contributed by atoms with E-state index >= 15 is 0 Å². The van der Waals surface area contributed by atoms with E-state index in [9.17, 15) is 0 Å². The van der Waals surface area contributed by atoms with E-state index in [1.807, 2.05) is 6.07 Å². The molecule has 1 aliphatic heterocycles. The smallest absolute Gasteiger partial charge is 0.0613 e. The number of anilines is 2. The van der Waals surface area contributed by atoms with Crippen LogP contribution in [0.5, 0.6) is 0 Å². The predicted molar refractivity (Wildman–Crippen MR) is 66.5 cm³/mol. The largest absolute Gasteiger partial charge is 0.396 e. The van der Waals surface area contributed by atoms with E-state index in [4.69, 9.17) is 5.11 Å². The molecule has 1 aromatic carbocycles. The SMILES string of the molecule is OCCCN1CCNc2ccc(Br)cc21. The molecule has 0 amide bonds. The highest BCUT2D eigenvalue weighted by atomic mass is 79.9. The Morgan fingerprint density at radius 2 is 2.33 bits per heavy atom. The molecular formula is C11H15BrN2O. The van der Waals surface area contributed by atoms with Crippen LogP contribution in [0.4, 0.5) is 11.4 Å². The number of nitrogens with one attached hydrogen (secondary N) is 1. The maximum atomic E-state index is 8.85. The molecule has 1 aliphatic rings. The van der Waals surface area contributed by atoms with Gasteiger partial charge in [-0.15, -0.1) is 0 Å². The van der Waals surface area contributed by atoms with Crippen molar-refractivity contribution in [1.29, 1.82) is 0 Å². The second-order valence-electron chi connectivity index (χ2n) is 3.65. The fourth-order valence-corrected chi connectivity index (χ4v) is 2.20. The average Bonchev–Trinajstić information content (AvgIpc) is 2.26. The first kappa shape index (κ1) is 10.8. The number of nitrogens with zero attached hydrogens (tertiary/aromatic N) is 1. The molecule has 0 unspecified atom stereocenters. The minimum Gasteiger partial charge on any atom is -0.396 e. The van der Waals surface area contributed by atoms with Crippen molar-refractivity contribution in [3.63, 3.8) is 0 Å². The number of aliphatic hydroxyl groups is 1. The van der Waals surface area contributed by atoms with Gasteiger partial charge in [0.1, 0.15) is 0 Å². The van der Waals surface area contributed by atoms with E-state index in [1.165, 1.54) is 11.4 Å². The molecular weight excluding hydrogens is 256 g/mol. The van der Waals surface area contributed by atoms with Gasteiger partial charge in [0.15, 0.2) is 0 Å². The summed E-state index contributed by atoms with van der Waals surface area (Å²) < 4.78 is 1.10. The van der Waals surface area contributed by atoms with Crippen molar-refractivity contribution < 1.29 is 5.11 Å². The van der Waals surface area contributed by atoms with Gasteiger partial charge in [-0.1, -0.05) is 15.9 Å². The molecule has 15 heavy (non-hydrogen) atoms. The average molecular weight is 271 g/mol. The Morgan fingerprint density at radius 1 is 1.47 bits per heavy atom.